The minimum atomic E-state index is 0. The van der Waals surface area contributed by atoms with E-state index < -0.39 is 0 Å². The molecule has 2 rings (SSSR count). The summed E-state index contributed by atoms with van der Waals surface area (Å²) in [6.45, 7) is 0. The predicted molar refractivity (Wildman–Crippen MR) is 99.1 cm³/mol. The van der Waals surface area contributed by atoms with Crippen LogP contribution in [0.15, 0.2) is 0 Å². The Balaban J connectivity index is 0.000000364. The van der Waals surface area contributed by atoms with Gasteiger partial charge in [-0.05, 0) is 75.8 Å². The van der Waals surface area contributed by atoms with Crippen molar-refractivity contribution >= 4 is 58.5 Å². The summed E-state index contributed by atoms with van der Waals surface area (Å²) in [4.78, 5) is 0. The average Bonchev–Trinajstić information content (AvgIpc) is 2.40. The van der Waals surface area contributed by atoms with Gasteiger partial charge in [-0.2, -0.15) is 0 Å². The molecule has 0 saturated heterocycles. The van der Waals surface area contributed by atoms with Crippen molar-refractivity contribution in [2.45, 2.75) is 76.4 Å². The summed E-state index contributed by atoms with van der Waals surface area (Å²) in [5.74, 6) is 0. The van der Waals surface area contributed by atoms with E-state index in [-0.39, 0.29) is 19.5 Å². The van der Waals surface area contributed by atoms with E-state index in [1.54, 1.807) is 0 Å². The van der Waals surface area contributed by atoms with Crippen LogP contribution < -0.4 is 0 Å². The first-order valence-corrected chi connectivity index (χ1v) is 9.08. The molecule has 0 radical (unpaired) electrons. The van der Waals surface area contributed by atoms with Gasteiger partial charge in [-0.1, -0.05) is 38.1 Å². The second-order valence-corrected chi connectivity index (χ2v) is 7.45. The summed E-state index contributed by atoms with van der Waals surface area (Å²) in [5, 5.41) is 0. The minimum absolute atomic E-state index is 0. The molecule has 116 valence electrons. The number of rotatable bonds is 2. The molecule has 0 bridgehead atoms. The van der Waals surface area contributed by atoms with E-state index in [4.69, 9.17) is 33.9 Å². The van der Waals surface area contributed by atoms with E-state index in [2.05, 4.69) is 25.3 Å². The van der Waals surface area contributed by atoms with Crippen LogP contribution in [0.2, 0.25) is 0 Å². The van der Waals surface area contributed by atoms with Crippen LogP contribution in [-0.2, 0) is 29.0 Å². The van der Waals surface area contributed by atoms with Gasteiger partial charge in [0.2, 0.25) is 8.77 Å². The van der Waals surface area contributed by atoms with Crippen LogP contribution in [-0.4, -0.2) is 21.0 Å². The fraction of sp³-hybridized carbons (Fsp3) is 0.857. The summed E-state index contributed by atoms with van der Waals surface area (Å²) in [7, 11) is 0. The van der Waals surface area contributed by atoms with Crippen molar-refractivity contribution in [2.75, 3.05) is 0 Å². The van der Waals surface area contributed by atoms with Crippen LogP contribution in [0.5, 0.6) is 0 Å². The quantitative estimate of drug-likeness (QED) is 0.370. The van der Waals surface area contributed by atoms with E-state index in [9.17, 15) is 0 Å². The summed E-state index contributed by atoms with van der Waals surface area (Å²) in [5.41, 5.74) is 0. The summed E-state index contributed by atoms with van der Waals surface area (Å²) >= 11 is 17.3. The Hall–Kier alpha value is 1.10. The van der Waals surface area contributed by atoms with Gasteiger partial charge in [-0.25, -0.2) is 0 Å². The molecule has 0 unspecified atom stereocenters. The van der Waals surface area contributed by atoms with Gasteiger partial charge in [0, 0.05) is 0 Å². The van der Waals surface area contributed by atoms with Crippen LogP contribution in [0.1, 0.15) is 64.2 Å². The maximum absolute atomic E-state index is 5.29. The van der Waals surface area contributed by atoms with E-state index in [0.29, 0.717) is 21.0 Å². The standard InChI is InChI=1S/2C7H12OS2.Zn/c2*9-7(10)8-6-4-2-1-3-5-6;/h2*6H,1-5H2,(H,9,10);/q;;+2. The molecule has 0 aromatic heterocycles. The molecule has 0 aliphatic heterocycles. The van der Waals surface area contributed by atoms with Gasteiger partial charge in [0.25, 0.3) is 0 Å². The molecule has 0 spiro atoms. The van der Waals surface area contributed by atoms with Crippen molar-refractivity contribution in [3.05, 3.63) is 0 Å². The van der Waals surface area contributed by atoms with Crippen LogP contribution in [0, 0.1) is 0 Å². The van der Waals surface area contributed by atoms with Crippen molar-refractivity contribution in [1.82, 2.24) is 0 Å². The van der Waals surface area contributed by atoms with Gasteiger partial charge < -0.3 is 9.47 Å². The third-order valence-corrected chi connectivity index (χ3v) is 4.04. The van der Waals surface area contributed by atoms with Crippen molar-refractivity contribution in [3.8, 4) is 0 Å². The van der Waals surface area contributed by atoms with Gasteiger partial charge in [0.05, 0.1) is 0 Å². The zero-order valence-electron chi connectivity index (χ0n) is 12.5. The Kier molecular flexibility index (Phi) is 14.2. The largest absolute Gasteiger partial charge is 2.00 e. The number of hydrogen-bond acceptors (Lipinski definition) is 4. The van der Waals surface area contributed by atoms with Gasteiger partial charge in [0.15, 0.2) is 0 Å². The molecule has 0 amide bonds. The average molecular weight is 418 g/mol. The molecule has 2 fully saturated rings. The molecule has 21 heavy (non-hydrogen) atoms. The summed E-state index contributed by atoms with van der Waals surface area (Å²) in [6, 6.07) is 0. The first-order chi connectivity index (χ1) is 9.58. The molecular weight excluding hydrogens is 394 g/mol. The molecular formula is C14H24O2S4Zn+2. The molecule has 2 nitrogen and oxygen atoms in total. The topological polar surface area (TPSA) is 18.5 Å². The van der Waals surface area contributed by atoms with Crippen LogP contribution in [0.4, 0.5) is 0 Å². The fourth-order valence-electron chi connectivity index (χ4n) is 2.65. The Labute approximate surface area is 163 Å². The van der Waals surface area contributed by atoms with Crippen LogP contribution in [0.25, 0.3) is 0 Å². The van der Waals surface area contributed by atoms with E-state index in [0.717, 1.165) is 25.7 Å². The maximum atomic E-state index is 5.29. The molecule has 0 aromatic carbocycles. The van der Waals surface area contributed by atoms with Crippen molar-refractivity contribution < 1.29 is 29.0 Å². The Morgan fingerprint density at radius 3 is 1.19 bits per heavy atom. The van der Waals surface area contributed by atoms with E-state index in [1.165, 1.54) is 38.5 Å². The molecule has 0 atom stereocenters. The minimum Gasteiger partial charge on any atom is -0.475 e. The van der Waals surface area contributed by atoms with E-state index in [1.807, 2.05) is 0 Å². The monoisotopic (exact) mass is 416 g/mol. The Bertz CT molecular complexity index is 273. The van der Waals surface area contributed by atoms with Crippen molar-refractivity contribution in [2.24, 2.45) is 0 Å². The van der Waals surface area contributed by atoms with Crippen LogP contribution >= 0.6 is 49.7 Å². The maximum Gasteiger partial charge on any atom is 2.00 e. The normalized spacial score (nSPS) is 19.5. The van der Waals surface area contributed by atoms with Crippen molar-refractivity contribution in [3.63, 3.8) is 0 Å². The first kappa shape index (κ1) is 22.1. The van der Waals surface area contributed by atoms with Crippen molar-refractivity contribution in [1.29, 1.82) is 0 Å². The predicted octanol–water partition coefficient (Wildman–Crippen LogP) is 5.10. The second-order valence-electron chi connectivity index (χ2n) is 5.29. The first-order valence-electron chi connectivity index (χ1n) is 7.37. The zero-order chi connectivity index (χ0) is 14.8. The molecule has 7 heteroatoms. The van der Waals surface area contributed by atoms with Gasteiger partial charge in [-0.15, -0.1) is 0 Å². The fourth-order valence-corrected chi connectivity index (χ4v) is 3.22. The Morgan fingerprint density at radius 1 is 0.667 bits per heavy atom. The SMILES string of the molecule is S=C(S)OC1CCCCC1.S=C(S)OC1CCCCC1.[Zn+2]. The Morgan fingerprint density at radius 2 is 0.952 bits per heavy atom. The number of hydrogen-bond donors (Lipinski definition) is 2. The second kappa shape index (κ2) is 13.5. The number of thiol groups is 2. The van der Waals surface area contributed by atoms with Crippen LogP contribution in [0.3, 0.4) is 0 Å². The summed E-state index contributed by atoms with van der Waals surface area (Å²) in [6.07, 6.45) is 13.1. The summed E-state index contributed by atoms with van der Waals surface area (Å²) < 4.78 is 11.4. The smallest absolute Gasteiger partial charge is 0.475 e. The van der Waals surface area contributed by atoms with Gasteiger partial charge in [0.1, 0.15) is 12.2 Å². The molecule has 0 aromatic rings. The molecule has 2 saturated carbocycles. The molecule has 2 aliphatic rings. The number of ether oxygens (including phenoxy) is 2. The molecule has 2 aliphatic carbocycles. The van der Waals surface area contributed by atoms with E-state index >= 15 is 0 Å². The molecule has 0 N–H and O–H groups in total. The van der Waals surface area contributed by atoms with Gasteiger partial charge >= 0.3 is 19.5 Å². The molecule has 0 heterocycles. The number of thiocarbonyl (C=S) groups is 2. The third kappa shape index (κ3) is 12.2. The third-order valence-electron chi connectivity index (χ3n) is 3.64. The van der Waals surface area contributed by atoms with Gasteiger partial charge in [-0.3, -0.25) is 0 Å². The zero-order valence-corrected chi connectivity index (χ0v) is 18.8.